The lowest BCUT2D eigenvalue weighted by atomic mass is 10.1. The van der Waals surface area contributed by atoms with Crippen LogP contribution in [0.5, 0.6) is 0 Å². The van der Waals surface area contributed by atoms with Crippen LogP contribution in [0.4, 0.5) is 11.5 Å². The largest absolute Gasteiger partial charge is 0.348 e. The number of benzene rings is 2. The zero-order valence-corrected chi connectivity index (χ0v) is 18.8. The monoisotopic (exact) mass is 427 g/mol. The van der Waals surface area contributed by atoms with Crippen molar-refractivity contribution in [1.82, 2.24) is 14.7 Å². The van der Waals surface area contributed by atoms with Crippen LogP contribution in [0, 0.1) is 13.8 Å². The number of hydrogen-bond donors (Lipinski definition) is 3. The predicted octanol–water partition coefficient (Wildman–Crippen LogP) is 4.65. The van der Waals surface area contributed by atoms with Crippen molar-refractivity contribution in [3.8, 4) is 0 Å². The molecular weight excluding hydrogens is 398 g/mol. The van der Waals surface area contributed by atoms with Crippen LogP contribution in [0.15, 0.2) is 60.8 Å². The van der Waals surface area contributed by atoms with Crippen LogP contribution in [0.25, 0.3) is 5.65 Å². The van der Waals surface area contributed by atoms with E-state index in [9.17, 15) is 4.79 Å². The van der Waals surface area contributed by atoms with E-state index in [-0.39, 0.29) is 5.91 Å². The van der Waals surface area contributed by atoms with E-state index in [4.69, 9.17) is 10.7 Å². The lowest BCUT2D eigenvalue weighted by Gasteiger charge is -2.13. The highest BCUT2D eigenvalue weighted by atomic mass is 16.1. The summed E-state index contributed by atoms with van der Waals surface area (Å²) < 4.78 is 2.01. The van der Waals surface area contributed by atoms with Crippen LogP contribution in [-0.2, 0) is 19.5 Å². The number of rotatable bonds is 7. The lowest BCUT2D eigenvalue weighted by Crippen LogP contribution is -2.23. The second kappa shape index (κ2) is 9.24. The molecule has 0 saturated heterocycles. The summed E-state index contributed by atoms with van der Waals surface area (Å²) in [6, 6.07) is 17.8. The van der Waals surface area contributed by atoms with Gasteiger partial charge in [0.15, 0.2) is 0 Å². The minimum atomic E-state index is -0.129. The molecule has 4 N–H and O–H groups in total. The number of amides is 1. The van der Waals surface area contributed by atoms with Gasteiger partial charge in [-0.25, -0.2) is 4.98 Å². The van der Waals surface area contributed by atoms with Crippen LogP contribution < -0.4 is 16.4 Å². The Morgan fingerprint density at radius 2 is 1.75 bits per heavy atom. The second-order valence-corrected chi connectivity index (χ2v) is 8.00. The van der Waals surface area contributed by atoms with Crippen molar-refractivity contribution in [2.24, 2.45) is 5.73 Å². The number of imidazole rings is 1. The number of nitrogens with zero attached hydrogens (tertiary/aromatic N) is 2. The molecule has 6 nitrogen and oxygen atoms in total. The maximum atomic E-state index is 12.8. The summed E-state index contributed by atoms with van der Waals surface area (Å²) >= 11 is 0. The second-order valence-electron chi connectivity index (χ2n) is 8.00. The van der Waals surface area contributed by atoms with Crippen LogP contribution in [0.2, 0.25) is 0 Å². The number of hydrogen-bond acceptors (Lipinski definition) is 4. The minimum Gasteiger partial charge on any atom is -0.348 e. The number of pyridine rings is 1. The molecule has 2 aromatic carbocycles. The third-order valence-electron chi connectivity index (χ3n) is 5.70. The number of aromatic nitrogens is 2. The molecule has 0 aliphatic rings. The highest BCUT2D eigenvalue weighted by Gasteiger charge is 2.15. The van der Waals surface area contributed by atoms with Gasteiger partial charge in [-0.05, 0) is 54.7 Å². The van der Waals surface area contributed by atoms with Crippen molar-refractivity contribution >= 4 is 23.1 Å². The van der Waals surface area contributed by atoms with E-state index in [0.717, 1.165) is 40.4 Å². The quantitative estimate of drug-likeness (QED) is 0.401. The summed E-state index contributed by atoms with van der Waals surface area (Å²) in [6.07, 6.45) is 2.69. The van der Waals surface area contributed by atoms with E-state index in [1.54, 1.807) is 0 Å². The van der Waals surface area contributed by atoms with Gasteiger partial charge in [-0.15, -0.1) is 0 Å². The van der Waals surface area contributed by atoms with E-state index < -0.39 is 0 Å². The van der Waals surface area contributed by atoms with E-state index >= 15 is 0 Å². The summed E-state index contributed by atoms with van der Waals surface area (Å²) in [5, 5.41) is 6.57. The Balaban J connectivity index is 1.58. The maximum Gasteiger partial charge on any atom is 0.251 e. The zero-order valence-electron chi connectivity index (χ0n) is 18.8. The van der Waals surface area contributed by atoms with Gasteiger partial charge >= 0.3 is 0 Å². The number of anilines is 2. The maximum absolute atomic E-state index is 12.8. The first-order chi connectivity index (χ1) is 15.5. The van der Waals surface area contributed by atoms with Gasteiger partial charge in [0.25, 0.3) is 5.91 Å². The number of carbonyl (C=O) groups is 1. The van der Waals surface area contributed by atoms with Crippen molar-refractivity contribution in [3.05, 3.63) is 94.3 Å². The zero-order chi connectivity index (χ0) is 22.7. The van der Waals surface area contributed by atoms with E-state index in [1.165, 1.54) is 11.1 Å². The van der Waals surface area contributed by atoms with Crippen molar-refractivity contribution < 1.29 is 4.79 Å². The SMILES string of the molecule is CCc1nc2cc(C(=O)NCc3cccc(CN)c3)ccn2c1Nc1c(C)cccc1C. The lowest BCUT2D eigenvalue weighted by molar-refractivity contribution is 0.0951. The van der Waals surface area contributed by atoms with E-state index in [0.29, 0.717) is 18.7 Å². The number of fused-ring (bicyclic) bond motifs is 1. The van der Waals surface area contributed by atoms with Gasteiger partial charge in [0.05, 0.1) is 5.69 Å². The van der Waals surface area contributed by atoms with Crippen molar-refractivity contribution in [2.75, 3.05) is 5.32 Å². The molecule has 164 valence electrons. The van der Waals surface area contributed by atoms with Gasteiger partial charge in [-0.3, -0.25) is 9.20 Å². The molecule has 0 atom stereocenters. The Kier molecular flexibility index (Phi) is 6.23. The Morgan fingerprint density at radius 3 is 2.47 bits per heavy atom. The predicted molar refractivity (Wildman–Crippen MR) is 129 cm³/mol. The first-order valence-corrected chi connectivity index (χ1v) is 10.9. The Bertz CT molecular complexity index is 1250. The summed E-state index contributed by atoms with van der Waals surface area (Å²) in [5.74, 6) is 0.807. The van der Waals surface area contributed by atoms with Gasteiger partial charge in [0.1, 0.15) is 11.5 Å². The molecule has 2 aromatic heterocycles. The Morgan fingerprint density at radius 1 is 1.03 bits per heavy atom. The fourth-order valence-electron chi connectivity index (χ4n) is 3.89. The smallest absolute Gasteiger partial charge is 0.251 e. The van der Waals surface area contributed by atoms with Crippen LogP contribution in [0.1, 0.15) is 45.2 Å². The van der Waals surface area contributed by atoms with E-state index in [1.807, 2.05) is 47.0 Å². The van der Waals surface area contributed by atoms with E-state index in [2.05, 4.69) is 49.6 Å². The molecule has 6 heteroatoms. The van der Waals surface area contributed by atoms with Gasteiger partial charge in [-0.1, -0.05) is 49.4 Å². The summed E-state index contributed by atoms with van der Waals surface area (Å²) in [5.41, 5.74) is 13.5. The Labute approximate surface area is 188 Å². The van der Waals surface area contributed by atoms with Gasteiger partial charge in [0.2, 0.25) is 0 Å². The summed E-state index contributed by atoms with van der Waals surface area (Å²) in [4.78, 5) is 17.5. The summed E-state index contributed by atoms with van der Waals surface area (Å²) in [7, 11) is 0. The Hall–Kier alpha value is -3.64. The third-order valence-corrected chi connectivity index (χ3v) is 5.70. The number of nitrogens with two attached hydrogens (primary N) is 1. The number of nitrogens with one attached hydrogen (secondary N) is 2. The molecule has 4 rings (SSSR count). The molecule has 0 bridgehead atoms. The van der Waals surface area contributed by atoms with Crippen molar-refractivity contribution in [3.63, 3.8) is 0 Å². The number of carbonyl (C=O) groups excluding carboxylic acids is 1. The first-order valence-electron chi connectivity index (χ1n) is 10.9. The average Bonchev–Trinajstić information content (AvgIpc) is 3.16. The topological polar surface area (TPSA) is 84.5 Å². The molecule has 0 radical (unpaired) electrons. The molecule has 32 heavy (non-hydrogen) atoms. The molecule has 0 aliphatic carbocycles. The highest BCUT2D eigenvalue weighted by molar-refractivity contribution is 5.95. The van der Waals surface area contributed by atoms with Crippen LogP contribution >= 0.6 is 0 Å². The molecule has 4 aromatic rings. The molecule has 0 saturated carbocycles. The minimum absolute atomic E-state index is 0.129. The number of aryl methyl sites for hydroxylation is 3. The number of para-hydroxylation sites is 1. The molecular formula is C26H29N5O. The third kappa shape index (κ3) is 4.36. The highest BCUT2D eigenvalue weighted by Crippen LogP contribution is 2.28. The van der Waals surface area contributed by atoms with Crippen LogP contribution in [-0.4, -0.2) is 15.3 Å². The van der Waals surface area contributed by atoms with Crippen molar-refractivity contribution in [1.29, 1.82) is 0 Å². The standard InChI is InChI=1S/C26H29N5O/c1-4-22-25(30-24-17(2)7-5-8-18(24)3)31-12-11-21(14-23(31)29-22)26(32)28-16-20-10-6-9-19(13-20)15-27/h5-14,30H,4,15-16,27H2,1-3H3,(H,28,32). The van der Waals surface area contributed by atoms with Crippen LogP contribution in [0.3, 0.4) is 0 Å². The molecule has 0 spiro atoms. The molecule has 2 heterocycles. The fraction of sp³-hybridized carbons (Fsp3) is 0.231. The molecule has 1 amide bonds. The molecule has 0 unspecified atom stereocenters. The first kappa shape index (κ1) is 21.6. The molecule has 0 aliphatic heterocycles. The summed E-state index contributed by atoms with van der Waals surface area (Å²) in [6.45, 7) is 7.20. The van der Waals surface area contributed by atoms with Gasteiger partial charge in [-0.2, -0.15) is 0 Å². The average molecular weight is 428 g/mol. The van der Waals surface area contributed by atoms with Gasteiger partial charge in [0, 0.05) is 30.5 Å². The molecule has 0 fully saturated rings. The fourth-order valence-corrected chi connectivity index (χ4v) is 3.89. The van der Waals surface area contributed by atoms with Gasteiger partial charge < -0.3 is 16.4 Å². The normalized spacial score (nSPS) is 11.0. The van der Waals surface area contributed by atoms with Crippen molar-refractivity contribution in [2.45, 2.75) is 40.3 Å².